The summed E-state index contributed by atoms with van der Waals surface area (Å²) in [5.74, 6) is 2.68. The van der Waals surface area contributed by atoms with Gasteiger partial charge in [-0.25, -0.2) is 9.97 Å². The molecule has 1 unspecified atom stereocenters. The normalized spacial score (nSPS) is 16.2. The predicted octanol–water partition coefficient (Wildman–Crippen LogP) is 3.28. The van der Waals surface area contributed by atoms with Crippen molar-refractivity contribution in [3.63, 3.8) is 0 Å². The Hall–Kier alpha value is -4.84. The van der Waals surface area contributed by atoms with Crippen LogP contribution < -0.4 is 24.4 Å². The van der Waals surface area contributed by atoms with E-state index in [2.05, 4.69) is 15.3 Å². The number of carbonyl (C=O) groups excluding carboxylic acids is 2. The number of piperazine rings is 1. The molecular formula is C31H32ClN7O5. The molecule has 2 amide bonds. The van der Waals surface area contributed by atoms with Crippen molar-refractivity contribution < 1.29 is 23.8 Å². The van der Waals surface area contributed by atoms with Gasteiger partial charge in [0.15, 0.2) is 11.5 Å². The van der Waals surface area contributed by atoms with E-state index >= 15 is 0 Å². The number of ether oxygens (including phenoxy) is 3. The fraction of sp³-hybridized carbons (Fsp3) is 0.323. The number of para-hydroxylation sites is 2. The number of fused-ring (bicyclic) bond motifs is 1. The van der Waals surface area contributed by atoms with Gasteiger partial charge in [-0.3, -0.25) is 14.2 Å². The Morgan fingerprint density at radius 3 is 2.61 bits per heavy atom. The highest BCUT2D eigenvalue weighted by atomic mass is 35.5. The summed E-state index contributed by atoms with van der Waals surface area (Å²) in [5, 5.41) is 3.28. The van der Waals surface area contributed by atoms with Gasteiger partial charge in [0.25, 0.3) is 0 Å². The van der Waals surface area contributed by atoms with Crippen molar-refractivity contribution in [1.82, 2.24) is 29.7 Å². The number of anilines is 1. The molecule has 1 N–H and O–H groups in total. The molecule has 13 heteroatoms. The van der Waals surface area contributed by atoms with Crippen molar-refractivity contribution in [3.05, 3.63) is 84.0 Å². The van der Waals surface area contributed by atoms with E-state index in [0.717, 1.165) is 11.3 Å². The highest BCUT2D eigenvalue weighted by Gasteiger charge is 2.35. The molecule has 228 valence electrons. The number of rotatable bonds is 10. The highest BCUT2D eigenvalue weighted by Crippen LogP contribution is 2.35. The molecule has 44 heavy (non-hydrogen) atoms. The van der Waals surface area contributed by atoms with Crippen LogP contribution in [0.15, 0.2) is 73.3 Å². The smallest absolute Gasteiger partial charge is 0.250 e. The number of methoxy groups -OCH3 is 1. The Kier molecular flexibility index (Phi) is 8.78. The Labute approximate surface area is 259 Å². The molecule has 1 saturated heterocycles. The third kappa shape index (κ3) is 6.86. The molecule has 0 saturated carbocycles. The van der Waals surface area contributed by atoms with Crippen LogP contribution in [0, 0.1) is 0 Å². The first-order valence-corrected chi connectivity index (χ1v) is 14.7. The average molecular weight is 618 g/mol. The van der Waals surface area contributed by atoms with E-state index in [1.165, 1.54) is 0 Å². The topological polar surface area (TPSA) is 124 Å². The summed E-state index contributed by atoms with van der Waals surface area (Å²) in [7, 11) is 1.63. The van der Waals surface area contributed by atoms with E-state index in [1.54, 1.807) is 41.4 Å². The second kappa shape index (κ2) is 13.2. The molecule has 2 aliphatic rings. The maximum Gasteiger partial charge on any atom is 0.250 e. The Balaban J connectivity index is 1.15. The monoisotopic (exact) mass is 617 g/mol. The lowest BCUT2D eigenvalue weighted by atomic mass is 10.1. The Morgan fingerprint density at radius 2 is 1.86 bits per heavy atom. The molecule has 2 aromatic carbocycles. The Bertz CT molecular complexity index is 1590. The standard InChI is InChI=1S/C31H32ClN7O5/c1-42-23-6-4-5-21(15-23)9-10-34-28(40)16-22-19-37(29(41)18-30-43-24-7-2-3-8-25(24)44-30)13-14-39(22)27-17-26(32)35-31(36-27)38-12-11-33-20-38/h2-8,11-12,15,17,20,22,30H,9-10,13-14,16,18-19H2,1H3,(H,34,40). The van der Waals surface area contributed by atoms with E-state index in [4.69, 9.17) is 30.8 Å². The number of carbonyl (C=O) groups is 2. The molecular weight excluding hydrogens is 586 g/mol. The largest absolute Gasteiger partial charge is 0.497 e. The number of hydrogen-bond donors (Lipinski definition) is 1. The minimum absolute atomic E-state index is 0.0538. The first-order valence-electron chi connectivity index (χ1n) is 14.3. The van der Waals surface area contributed by atoms with Crippen LogP contribution in [0.3, 0.4) is 0 Å². The van der Waals surface area contributed by atoms with Gasteiger partial charge in [0.05, 0.1) is 13.2 Å². The minimum atomic E-state index is -0.699. The van der Waals surface area contributed by atoms with Gasteiger partial charge in [-0.2, -0.15) is 4.98 Å². The number of hydrogen-bond acceptors (Lipinski definition) is 9. The van der Waals surface area contributed by atoms with Crippen LogP contribution >= 0.6 is 11.6 Å². The molecule has 0 spiro atoms. The maximum atomic E-state index is 13.4. The number of amides is 2. The summed E-state index contributed by atoms with van der Waals surface area (Å²) in [6.07, 6.45) is 5.10. The predicted molar refractivity (Wildman–Crippen MR) is 162 cm³/mol. The van der Waals surface area contributed by atoms with E-state index in [0.29, 0.717) is 55.9 Å². The second-order valence-electron chi connectivity index (χ2n) is 10.5. The first-order chi connectivity index (χ1) is 21.4. The molecule has 4 heterocycles. The van der Waals surface area contributed by atoms with Gasteiger partial charge >= 0.3 is 0 Å². The molecule has 0 aliphatic carbocycles. The molecule has 4 aromatic rings. The number of aromatic nitrogens is 4. The lowest BCUT2D eigenvalue weighted by Crippen LogP contribution is -2.57. The zero-order chi connectivity index (χ0) is 30.5. The Morgan fingerprint density at radius 1 is 1.05 bits per heavy atom. The summed E-state index contributed by atoms with van der Waals surface area (Å²) in [5.41, 5.74) is 1.06. The van der Waals surface area contributed by atoms with Crippen LogP contribution in [0.2, 0.25) is 5.15 Å². The van der Waals surface area contributed by atoms with Crippen molar-refractivity contribution in [2.24, 2.45) is 0 Å². The first kappa shape index (κ1) is 29.2. The van der Waals surface area contributed by atoms with Gasteiger partial charge in [0.1, 0.15) is 29.5 Å². The quantitative estimate of drug-likeness (QED) is 0.267. The lowest BCUT2D eigenvalue weighted by Gasteiger charge is -2.42. The van der Waals surface area contributed by atoms with Crippen molar-refractivity contribution in [2.75, 3.05) is 38.2 Å². The number of imidazole rings is 1. The summed E-state index contributed by atoms with van der Waals surface area (Å²) in [6.45, 7) is 1.64. The minimum Gasteiger partial charge on any atom is -0.497 e. The SMILES string of the molecule is COc1cccc(CCNC(=O)CC2CN(C(=O)CC3Oc4ccccc4O3)CCN2c2cc(Cl)nc(-n3ccnc3)n2)c1. The molecule has 12 nitrogen and oxygen atoms in total. The maximum absolute atomic E-state index is 13.4. The zero-order valence-corrected chi connectivity index (χ0v) is 24.9. The molecule has 0 radical (unpaired) electrons. The second-order valence-corrected chi connectivity index (χ2v) is 10.9. The van der Waals surface area contributed by atoms with Crippen LogP contribution in [0.4, 0.5) is 5.82 Å². The van der Waals surface area contributed by atoms with E-state index in [9.17, 15) is 9.59 Å². The summed E-state index contributed by atoms with van der Waals surface area (Å²) >= 11 is 6.41. The molecule has 0 bridgehead atoms. The molecule has 2 aliphatic heterocycles. The molecule has 6 rings (SSSR count). The number of halogens is 1. The number of benzene rings is 2. The van der Waals surface area contributed by atoms with Gasteiger partial charge in [-0.15, -0.1) is 0 Å². The average Bonchev–Trinajstić information content (AvgIpc) is 3.71. The third-order valence-electron chi connectivity index (χ3n) is 7.53. The van der Waals surface area contributed by atoms with Crippen molar-refractivity contribution >= 4 is 29.2 Å². The van der Waals surface area contributed by atoms with Gasteiger partial charge in [-0.1, -0.05) is 35.9 Å². The molecule has 2 aromatic heterocycles. The van der Waals surface area contributed by atoms with Gasteiger partial charge in [-0.05, 0) is 36.2 Å². The number of nitrogens with zero attached hydrogens (tertiary/aromatic N) is 6. The third-order valence-corrected chi connectivity index (χ3v) is 7.73. The van der Waals surface area contributed by atoms with Gasteiger partial charge in [0.2, 0.25) is 24.1 Å². The van der Waals surface area contributed by atoms with Gasteiger partial charge in [0, 0.05) is 51.1 Å². The lowest BCUT2D eigenvalue weighted by molar-refractivity contribution is -0.137. The van der Waals surface area contributed by atoms with Crippen LogP contribution in [0.5, 0.6) is 17.2 Å². The highest BCUT2D eigenvalue weighted by molar-refractivity contribution is 6.29. The van der Waals surface area contributed by atoms with E-state index < -0.39 is 6.29 Å². The van der Waals surface area contributed by atoms with Crippen molar-refractivity contribution in [2.45, 2.75) is 31.6 Å². The summed E-state index contributed by atoms with van der Waals surface area (Å²) in [6, 6.07) is 16.4. The van der Waals surface area contributed by atoms with E-state index in [-0.39, 0.29) is 35.9 Å². The van der Waals surface area contributed by atoms with E-state index in [1.807, 2.05) is 53.4 Å². The fourth-order valence-corrected chi connectivity index (χ4v) is 5.53. The van der Waals surface area contributed by atoms with Crippen molar-refractivity contribution in [1.29, 1.82) is 0 Å². The molecule has 1 fully saturated rings. The van der Waals surface area contributed by atoms with Crippen LogP contribution in [0.25, 0.3) is 5.95 Å². The van der Waals surface area contributed by atoms with Crippen molar-refractivity contribution in [3.8, 4) is 23.2 Å². The summed E-state index contributed by atoms with van der Waals surface area (Å²) in [4.78, 5) is 43.5. The van der Waals surface area contributed by atoms with Crippen LogP contribution in [-0.2, 0) is 16.0 Å². The summed E-state index contributed by atoms with van der Waals surface area (Å²) < 4.78 is 18.6. The number of nitrogens with one attached hydrogen (secondary N) is 1. The van der Waals surface area contributed by atoms with Crippen LogP contribution in [-0.4, -0.2) is 81.9 Å². The van der Waals surface area contributed by atoms with Gasteiger partial charge < -0.3 is 29.3 Å². The van der Waals surface area contributed by atoms with Crippen LogP contribution in [0.1, 0.15) is 18.4 Å². The molecule has 1 atom stereocenters. The zero-order valence-electron chi connectivity index (χ0n) is 24.1. The fourth-order valence-electron chi connectivity index (χ4n) is 5.36.